The molecule has 0 radical (unpaired) electrons. The average molecular weight is 769 g/mol. The number of carbonyl (C=O) groups excluding carboxylic acids is 3. The highest BCUT2D eigenvalue weighted by atomic mass is 79.9. The van der Waals surface area contributed by atoms with E-state index in [-0.39, 0.29) is 43.3 Å². The number of amides is 3. The number of nitrogens with one attached hydrogen (secondary N) is 1. The van der Waals surface area contributed by atoms with E-state index in [1.165, 1.54) is 0 Å². The van der Waals surface area contributed by atoms with E-state index in [0.717, 1.165) is 21.2 Å². The van der Waals surface area contributed by atoms with Crippen LogP contribution < -0.4 is 10.2 Å². The second-order valence-corrected chi connectivity index (χ2v) is 19.4. The molecule has 3 heterocycles. The number of hydrogen-bond acceptors (Lipinski definition) is 6. The Hall–Kier alpha value is -4.13. The number of ether oxygens (including phenoxy) is 1. The molecule has 264 valence electrons. The Morgan fingerprint density at radius 1 is 0.980 bits per heavy atom. The van der Waals surface area contributed by atoms with E-state index in [0.29, 0.717) is 35.5 Å². The van der Waals surface area contributed by atoms with Gasteiger partial charge in [-0.25, -0.2) is 0 Å². The molecule has 3 aliphatic rings. The summed E-state index contributed by atoms with van der Waals surface area (Å²) in [7, 11) is -3.01. The van der Waals surface area contributed by atoms with E-state index in [9.17, 15) is 24.3 Å². The van der Waals surface area contributed by atoms with Crippen molar-refractivity contribution in [2.24, 2.45) is 5.92 Å². The van der Waals surface area contributed by atoms with Crippen LogP contribution in [0.3, 0.4) is 0 Å². The maximum absolute atomic E-state index is 14.9. The Morgan fingerprint density at radius 3 is 2.35 bits per heavy atom. The van der Waals surface area contributed by atoms with Gasteiger partial charge in [0.25, 0.3) is 11.8 Å². The van der Waals surface area contributed by atoms with Crippen molar-refractivity contribution in [1.29, 1.82) is 0 Å². The predicted molar refractivity (Wildman–Crippen MR) is 202 cm³/mol. The normalized spacial score (nSPS) is 24.1. The Bertz CT molecular complexity index is 1970. The second-order valence-electron chi connectivity index (χ2n) is 14.5. The first-order chi connectivity index (χ1) is 24.4. The maximum Gasteiger partial charge on any atom is 0.264 e. The van der Waals surface area contributed by atoms with Gasteiger partial charge in [-0.05, 0) is 78.7 Å². The van der Waals surface area contributed by atoms with Crippen molar-refractivity contribution in [3.8, 4) is 0 Å². The van der Waals surface area contributed by atoms with Crippen molar-refractivity contribution >= 4 is 53.3 Å². The van der Waals surface area contributed by atoms with Gasteiger partial charge in [-0.2, -0.15) is 0 Å². The minimum Gasteiger partial charge on any atom is -0.432 e. The largest absolute Gasteiger partial charge is 0.432 e. The van der Waals surface area contributed by atoms with Gasteiger partial charge in [0.1, 0.15) is 0 Å². The maximum atomic E-state index is 14.9. The number of rotatable bonds is 8. The summed E-state index contributed by atoms with van der Waals surface area (Å²) in [4.78, 5) is 56.9. The number of fused-ring (bicyclic) bond motifs is 3. The number of aliphatic hydroxyl groups excluding tert-OH is 1. The van der Waals surface area contributed by atoms with Crippen LogP contribution in [0.2, 0.25) is 18.6 Å². The van der Waals surface area contributed by atoms with Crippen molar-refractivity contribution < 1.29 is 29.0 Å². The smallest absolute Gasteiger partial charge is 0.264 e. The van der Waals surface area contributed by atoms with Gasteiger partial charge in [-0.15, -0.1) is 0 Å². The molecule has 5 atom stereocenters. The number of halogens is 1. The molecule has 0 bridgehead atoms. The molecule has 0 saturated carbocycles. The lowest BCUT2D eigenvalue weighted by molar-refractivity contribution is -0.151. The summed E-state index contributed by atoms with van der Waals surface area (Å²) >= 11 is 3.61. The summed E-state index contributed by atoms with van der Waals surface area (Å²) in [6.07, 6.45) is -0.165. The van der Waals surface area contributed by atoms with Crippen LogP contribution in [0.4, 0.5) is 11.4 Å². The molecule has 7 rings (SSSR count). The lowest BCUT2D eigenvalue weighted by Gasteiger charge is -2.37. The Balaban J connectivity index is 1.16. The zero-order chi connectivity index (χ0) is 36.1. The van der Waals surface area contributed by atoms with E-state index < -0.39 is 31.5 Å². The van der Waals surface area contributed by atoms with Gasteiger partial charge in [0.2, 0.25) is 5.91 Å². The number of anilines is 2. The molecule has 3 aliphatic heterocycles. The van der Waals surface area contributed by atoms with Gasteiger partial charge in [0, 0.05) is 39.3 Å². The third-order valence-electron chi connectivity index (χ3n) is 10.8. The first kappa shape index (κ1) is 35.3. The molecule has 0 aliphatic carbocycles. The van der Waals surface area contributed by atoms with E-state index in [1.807, 2.05) is 105 Å². The van der Waals surface area contributed by atoms with Gasteiger partial charge in [0.15, 0.2) is 13.9 Å². The van der Waals surface area contributed by atoms with Gasteiger partial charge in [0.05, 0.1) is 37.4 Å². The third kappa shape index (κ3) is 6.46. The molecule has 4 aromatic carbocycles. The van der Waals surface area contributed by atoms with Crippen molar-refractivity contribution in [3.05, 3.63) is 129 Å². The first-order valence-corrected chi connectivity index (χ1v) is 21.2. The van der Waals surface area contributed by atoms with Crippen LogP contribution in [-0.2, 0) is 39.4 Å². The van der Waals surface area contributed by atoms with E-state index in [4.69, 9.17) is 4.74 Å². The molecule has 4 aromatic rings. The van der Waals surface area contributed by atoms with Crippen LogP contribution in [0.15, 0.2) is 102 Å². The fraction of sp³-hybridized carbons (Fsp3) is 0.325. The van der Waals surface area contributed by atoms with E-state index in [2.05, 4.69) is 21.2 Å². The Kier molecular flexibility index (Phi) is 9.53. The standard InChI is InChI=1S/C40H42BrN3O6Si/c1-25-37(51(2,3)49)35(21-36(46)43-23-29-12-8-7-11-28(29)19-32(43)24-45)50-40(25)33-20-30(41)15-18-34(33)44(39(40)48)22-26-13-16-31(17-14-26)42-38(47)27-9-5-4-6-10-27/h4-18,20,25,32,35,37,45,49H,19,21-24H2,1-3H3,(H,42,47)/t25-,32-,35+,37-,40+/m0/s1. The first-order valence-electron chi connectivity index (χ1n) is 17.4. The SMILES string of the molecule is C[C@H]1[C@H]([Si](C)(C)O)[C@@H](CC(=O)N2Cc3ccccc3C[C@H]2CO)O[C@]12C(=O)N(Cc1ccc(NC(=O)c3ccccc3)cc1)c1ccc(Br)cc12. The monoisotopic (exact) mass is 767 g/mol. The molecule has 3 N–H and O–H groups in total. The molecule has 1 fully saturated rings. The lowest BCUT2D eigenvalue weighted by Crippen LogP contribution is -2.48. The van der Waals surface area contributed by atoms with Crippen LogP contribution >= 0.6 is 15.9 Å². The number of hydrogen-bond donors (Lipinski definition) is 3. The fourth-order valence-electron chi connectivity index (χ4n) is 8.41. The van der Waals surface area contributed by atoms with Gasteiger partial charge < -0.3 is 29.8 Å². The Morgan fingerprint density at radius 2 is 1.67 bits per heavy atom. The van der Waals surface area contributed by atoms with Crippen molar-refractivity contribution in [2.45, 2.75) is 69.2 Å². The minimum atomic E-state index is -3.01. The molecule has 0 aromatic heterocycles. The van der Waals surface area contributed by atoms with Crippen LogP contribution in [0.25, 0.3) is 0 Å². The predicted octanol–water partition coefficient (Wildman–Crippen LogP) is 6.38. The molecule has 1 spiro atoms. The number of benzene rings is 4. The van der Waals surface area contributed by atoms with Crippen LogP contribution in [0.1, 0.15) is 46.0 Å². The topological polar surface area (TPSA) is 119 Å². The highest BCUT2D eigenvalue weighted by Gasteiger charge is 2.66. The summed E-state index contributed by atoms with van der Waals surface area (Å²) in [5.74, 6) is -1.04. The molecule has 0 unspecified atom stereocenters. The van der Waals surface area contributed by atoms with Gasteiger partial charge in [-0.1, -0.05) is 77.5 Å². The highest BCUT2D eigenvalue weighted by Crippen LogP contribution is 2.60. The van der Waals surface area contributed by atoms with Crippen LogP contribution in [-0.4, -0.2) is 59.6 Å². The van der Waals surface area contributed by atoms with Crippen molar-refractivity contribution in [2.75, 3.05) is 16.8 Å². The van der Waals surface area contributed by atoms with Crippen molar-refractivity contribution in [3.63, 3.8) is 0 Å². The summed E-state index contributed by atoms with van der Waals surface area (Å²) in [6.45, 7) is 6.14. The molecule has 1 saturated heterocycles. The second kappa shape index (κ2) is 13.8. The fourth-order valence-corrected chi connectivity index (χ4v) is 11.3. The van der Waals surface area contributed by atoms with Crippen LogP contribution in [0, 0.1) is 5.92 Å². The lowest BCUT2D eigenvalue weighted by atomic mass is 9.82. The summed E-state index contributed by atoms with van der Waals surface area (Å²) in [6, 6.07) is 29.7. The minimum absolute atomic E-state index is 0.0147. The summed E-state index contributed by atoms with van der Waals surface area (Å²) in [5.41, 5.74) is 3.83. The zero-order valence-corrected chi connectivity index (χ0v) is 31.5. The quantitative estimate of drug-likeness (QED) is 0.179. The number of carbonyl (C=O) groups is 3. The number of aliphatic hydroxyl groups is 1. The van der Waals surface area contributed by atoms with Crippen molar-refractivity contribution in [1.82, 2.24) is 4.90 Å². The molecular formula is C40H42BrN3O6Si. The molecule has 51 heavy (non-hydrogen) atoms. The van der Waals surface area contributed by atoms with E-state index in [1.54, 1.807) is 21.9 Å². The average Bonchev–Trinajstić information content (AvgIpc) is 3.54. The summed E-state index contributed by atoms with van der Waals surface area (Å²) < 4.78 is 7.72. The van der Waals surface area contributed by atoms with Crippen LogP contribution in [0.5, 0.6) is 0 Å². The highest BCUT2D eigenvalue weighted by molar-refractivity contribution is 9.10. The third-order valence-corrected chi connectivity index (χ3v) is 13.8. The van der Waals surface area contributed by atoms with Gasteiger partial charge >= 0.3 is 0 Å². The molecular weight excluding hydrogens is 726 g/mol. The van der Waals surface area contributed by atoms with E-state index >= 15 is 0 Å². The van der Waals surface area contributed by atoms with Gasteiger partial charge in [-0.3, -0.25) is 14.4 Å². The Labute approximate surface area is 307 Å². The molecule has 11 heteroatoms. The zero-order valence-electron chi connectivity index (χ0n) is 28.9. The molecule has 9 nitrogen and oxygen atoms in total. The molecule has 3 amide bonds. The summed E-state index contributed by atoms with van der Waals surface area (Å²) in [5, 5.41) is 13.2. The number of nitrogens with zero attached hydrogens (tertiary/aromatic N) is 2.